The highest BCUT2D eigenvalue weighted by Crippen LogP contribution is 2.16. The molecule has 0 aliphatic heterocycles. The lowest BCUT2D eigenvalue weighted by molar-refractivity contribution is -0.140. The lowest BCUT2D eigenvalue weighted by atomic mass is 10.1. The van der Waals surface area contributed by atoms with E-state index in [0.29, 0.717) is 38.5 Å². The Kier molecular flexibility index (Phi) is 9.39. The zero-order valence-corrected chi connectivity index (χ0v) is 18.6. The number of carbonyl (C=O) groups is 2. The molecule has 0 spiro atoms. The van der Waals surface area contributed by atoms with Crippen LogP contribution in [0.2, 0.25) is 0 Å². The summed E-state index contributed by atoms with van der Waals surface area (Å²) >= 11 is 0. The zero-order chi connectivity index (χ0) is 21.9. The average Bonchev–Trinajstić information content (AvgIpc) is 2.74. The predicted molar refractivity (Wildman–Crippen MR) is 120 cm³/mol. The van der Waals surface area contributed by atoms with Crippen LogP contribution in [0.5, 0.6) is 5.75 Å². The van der Waals surface area contributed by atoms with Crippen LogP contribution >= 0.6 is 0 Å². The third-order valence-electron chi connectivity index (χ3n) is 5.00. The van der Waals surface area contributed by atoms with E-state index in [9.17, 15) is 9.59 Å². The average molecular weight is 411 g/mol. The highest BCUT2D eigenvalue weighted by Gasteiger charge is 2.26. The van der Waals surface area contributed by atoms with Crippen LogP contribution in [0.15, 0.2) is 54.6 Å². The molecule has 2 amide bonds. The fourth-order valence-corrected chi connectivity index (χ4v) is 3.08. The molecule has 0 saturated heterocycles. The number of nitrogens with one attached hydrogen (secondary N) is 1. The van der Waals surface area contributed by atoms with Gasteiger partial charge in [-0.2, -0.15) is 0 Å². The molecule has 0 radical (unpaired) electrons. The van der Waals surface area contributed by atoms with Gasteiger partial charge in [0.15, 0.2) is 0 Å². The summed E-state index contributed by atoms with van der Waals surface area (Å²) in [5.74, 6) is 0.994. The Morgan fingerprint density at radius 2 is 1.67 bits per heavy atom. The SMILES string of the molecule is Cc1ccccc1CN(C(=O)CCCOc1ccccc1)C(C)C(=O)NCC(C)C. The van der Waals surface area contributed by atoms with E-state index in [1.165, 1.54) is 0 Å². The Morgan fingerprint density at radius 3 is 2.33 bits per heavy atom. The zero-order valence-electron chi connectivity index (χ0n) is 18.6. The fourth-order valence-electron chi connectivity index (χ4n) is 3.08. The van der Waals surface area contributed by atoms with Crippen LogP contribution in [0.1, 0.15) is 44.7 Å². The van der Waals surface area contributed by atoms with Crippen molar-refractivity contribution in [2.24, 2.45) is 5.92 Å². The van der Waals surface area contributed by atoms with Gasteiger partial charge in [-0.3, -0.25) is 9.59 Å². The van der Waals surface area contributed by atoms with E-state index in [2.05, 4.69) is 5.32 Å². The molecule has 1 unspecified atom stereocenters. The second-order valence-corrected chi connectivity index (χ2v) is 8.03. The third-order valence-corrected chi connectivity index (χ3v) is 5.00. The van der Waals surface area contributed by atoms with Gasteiger partial charge in [-0.05, 0) is 49.4 Å². The van der Waals surface area contributed by atoms with Crippen molar-refractivity contribution in [3.05, 3.63) is 65.7 Å². The van der Waals surface area contributed by atoms with E-state index in [1.807, 2.05) is 75.4 Å². The van der Waals surface area contributed by atoms with Crippen molar-refractivity contribution in [1.82, 2.24) is 10.2 Å². The van der Waals surface area contributed by atoms with E-state index in [-0.39, 0.29) is 11.8 Å². The normalized spacial score (nSPS) is 11.8. The molecule has 0 heterocycles. The molecule has 1 N–H and O–H groups in total. The summed E-state index contributed by atoms with van der Waals surface area (Å²) in [4.78, 5) is 27.4. The van der Waals surface area contributed by atoms with Gasteiger partial charge < -0.3 is 15.0 Å². The van der Waals surface area contributed by atoms with Crippen molar-refractivity contribution >= 4 is 11.8 Å². The van der Waals surface area contributed by atoms with Gasteiger partial charge in [0.1, 0.15) is 11.8 Å². The van der Waals surface area contributed by atoms with E-state index in [1.54, 1.807) is 11.8 Å². The quantitative estimate of drug-likeness (QED) is 0.561. The fraction of sp³-hybridized carbons (Fsp3) is 0.440. The standard InChI is InChI=1S/C25H34N2O3/c1-19(2)17-26-25(29)21(4)27(18-22-12-9-8-11-20(22)3)24(28)15-10-16-30-23-13-6-5-7-14-23/h5-9,11-14,19,21H,10,15-18H2,1-4H3,(H,26,29). The number of nitrogens with zero attached hydrogens (tertiary/aromatic N) is 1. The Labute approximate surface area is 180 Å². The van der Waals surface area contributed by atoms with Gasteiger partial charge in [-0.15, -0.1) is 0 Å². The number of hydrogen-bond acceptors (Lipinski definition) is 3. The number of ether oxygens (including phenoxy) is 1. The Hall–Kier alpha value is -2.82. The van der Waals surface area contributed by atoms with Crippen LogP contribution in [0.25, 0.3) is 0 Å². The summed E-state index contributed by atoms with van der Waals surface area (Å²) in [5, 5.41) is 2.95. The van der Waals surface area contributed by atoms with Crippen LogP contribution in [0.3, 0.4) is 0 Å². The Balaban J connectivity index is 2.00. The molecule has 162 valence electrons. The van der Waals surface area contributed by atoms with Gasteiger partial charge >= 0.3 is 0 Å². The van der Waals surface area contributed by atoms with Crippen molar-refractivity contribution < 1.29 is 14.3 Å². The Bertz CT molecular complexity index is 805. The van der Waals surface area contributed by atoms with Crippen molar-refractivity contribution in [3.8, 4) is 5.75 Å². The summed E-state index contributed by atoms with van der Waals surface area (Å²) in [6.07, 6.45) is 0.929. The van der Waals surface area contributed by atoms with E-state index in [4.69, 9.17) is 4.74 Å². The molecular weight excluding hydrogens is 376 g/mol. The first-order chi connectivity index (χ1) is 14.4. The molecule has 0 aliphatic carbocycles. The monoisotopic (exact) mass is 410 g/mol. The molecule has 2 aromatic rings. The highest BCUT2D eigenvalue weighted by molar-refractivity contribution is 5.87. The van der Waals surface area contributed by atoms with Gasteiger partial charge in [0, 0.05) is 19.5 Å². The minimum Gasteiger partial charge on any atom is -0.494 e. The van der Waals surface area contributed by atoms with Crippen LogP contribution in [-0.4, -0.2) is 35.9 Å². The van der Waals surface area contributed by atoms with Gasteiger partial charge in [-0.1, -0.05) is 56.3 Å². The predicted octanol–water partition coefficient (Wildman–Crippen LogP) is 4.34. The minimum atomic E-state index is -0.536. The van der Waals surface area contributed by atoms with Crippen LogP contribution < -0.4 is 10.1 Å². The first-order valence-electron chi connectivity index (χ1n) is 10.7. The lowest BCUT2D eigenvalue weighted by Crippen LogP contribution is -2.48. The molecule has 0 bridgehead atoms. The van der Waals surface area contributed by atoms with Gasteiger partial charge in [-0.25, -0.2) is 0 Å². The first-order valence-corrected chi connectivity index (χ1v) is 10.7. The summed E-state index contributed by atoms with van der Waals surface area (Å²) in [7, 11) is 0. The lowest BCUT2D eigenvalue weighted by Gasteiger charge is -2.29. The summed E-state index contributed by atoms with van der Waals surface area (Å²) in [5.41, 5.74) is 2.16. The van der Waals surface area contributed by atoms with E-state index in [0.717, 1.165) is 16.9 Å². The molecule has 2 rings (SSSR count). The topological polar surface area (TPSA) is 58.6 Å². The molecule has 5 nitrogen and oxygen atoms in total. The van der Waals surface area contributed by atoms with E-state index < -0.39 is 6.04 Å². The van der Waals surface area contributed by atoms with Crippen molar-refractivity contribution in [1.29, 1.82) is 0 Å². The maximum Gasteiger partial charge on any atom is 0.242 e. The summed E-state index contributed by atoms with van der Waals surface area (Å²) in [6.45, 7) is 9.40. The summed E-state index contributed by atoms with van der Waals surface area (Å²) < 4.78 is 5.70. The smallest absolute Gasteiger partial charge is 0.242 e. The molecular formula is C25H34N2O3. The molecule has 0 aliphatic rings. The number of rotatable bonds is 11. The molecule has 0 aromatic heterocycles. The number of amides is 2. The van der Waals surface area contributed by atoms with Crippen LogP contribution in [-0.2, 0) is 16.1 Å². The molecule has 1 atom stereocenters. The second kappa shape index (κ2) is 12.0. The molecule has 30 heavy (non-hydrogen) atoms. The van der Waals surface area contributed by atoms with Crippen molar-refractivity contribution in [2.45, 2.75) is 53.1 Å². The first kappa shape index (κ1) is 23.5. The number of carbonyl (C=O) groups excluding carboxylic acids is 2. The van der Waals surface area contributed by atoms with Crippen LogP contribution in [0, 0.1) is 12.8 Å². The maximum absolute atomic E-state index is 13.0. The van der Waals surface area contributed by atoms with Crippen molar-refractivity contribution in [3.63, 3.8) is 0 Å². The van der Waals surface area contributed by atoms with Gasteiger partial charge in [0.05, 0.1) is 6.61 Å². The highest BCUT2D eigenvalue weighted by atomic mass is 16.5. The second-order valence-electron chi connectivity index (χ2n) is 8.03. The summed E-state index contributed by atoms with van der Waals surface area (Å²) in [6, 6.07) is 17.0. The van der Waals surface area contributed by atoms with Crippen molar-refractivity contribution in [2.75, 3.05) is 13.2 Å². The van der Waals surface area contributed by atoms with Crippen LogP contribution in [0.4, 0.5) is 0 Å². The van der Waals surface area contributed by atoms with Gasteiger partial charge in [0.2, 0.25) is 11.8 Å². The minimum absolute atomic E-state index is 0.0397. The van der Waals surface area contributed by atoms with E-state index >= 15 is 0 Å². The molecule has 0 saturated carbocycles. The Morgan fingerprint density at radius 1 is 1.00 bits per heavy atom. The number of para-hydroxylation sites is 1. The van der Waals surface area contributed by atoms with Gasteiger partial charge in [0.25, 0.3) is 0 Å². The molecule has 2 aromatic carbocycles. The number of benzene rings is 2. The molecule has 0 fully saturated rings. The molecule has 5 heteroatoms. The number of hydrogen-bond donors (Lipinski definition) is 1. The maximum atomic E-state index is 13.0. The largest absolute Gasteiger partial charge is 0.494 e. The third kappa shape index (κ3) is 7.54. The number of aryl methyl sites for hydroxylation is 1.